The molecule has 1 aromatic carbocycles. The molecule has 0 spiro atoms. The zero-order valence-electron chi connectivity index (χ0n) is 9.32. The van der Waals surface area contributed by atoms with Crippen molar-refractivity contribution in [2.24, 2.45) is 5.73 Å². The Labute approximate surface area is 105 Å². The van der Waals surface area contributed by atoms with Crippen LogP contribution in [0.5, 0.6) is 0 Å². The highest BCUT2D eigenvalue weighted by Crippen LogP contribution is 2.39. The van der Waals surface area contributed by atoms with Gasteiger partial charge in [-0.1, -0.05) is 22.0 Å². The summed E-state index contributed by atoms with van der Waals surface area (Å²) in [5.74, 6) is 0. The number of rotatable bonds is 0. The number of hydrogen-bond acceptors (Lipinski definition) is 2. The van der Waals surface area contributed by atoms with Crippen LogP contribution in [0.25, 0.3) is 0 Å². The van der Waals surface area contributed by atoms with E-state index in [1.165, 1.54) is 41.4 Å². The predicted octanol–water partition coefficient (Wildman–Crippen LogP) is 3.04. The maximum atomic E-state index is 6.26. The molecule has 0 saturated carbocycles. The van der Waals surface area contributed by atoms with E-state index in [0.29, 0.717) is 6.04 Å². The number of nitrogens with two attached hydrogens (primary N) is 1. The van der Waals surface area contributed by atoms with Gasteiger partial charge < -0.3 is 10.6 Å². The van der Waals surface area contributed by atoms with Gasteiger partial charge in [-0.2, -0.15) is 0 Å². The standard InChI is InChI=1S/C13H17BrN2/c14-11-4-2-5-12-10(11)8-7-9-3-1-6-13(15)16(9)12/h2,4-5,9,13H,1,3,6-8,15H2. The van der Waals surface area contributed by atoms with Gasteiger partial charge >= 0.3 is 0 Å². The van der Waals surface area contributed by atoms with Crippen LogP contribution in [0.4, 0.5) is 5.69 Å². The molecule has 2 aliphatic rings. The first-order valence-corrected chi connectivity index (χ1v) is 6.88. The number of hydrogen-bond donors (Lipinski definition) is 1. The fourth-order valence-corrected chi connectivity index (χ4v) is 3.67. The Morgan fingerprint density at radius 1 is 1.25 bits per heavy atom. The largest absolute Gasteiger partial charge is 0.353 e. The Balaban J connectivity index is 2.06. The van der Waals surface area contributed by atoms with E-state index in [4.69, 9.17) is 5.73 Å². The summed E-state index contributed by atoms with van der Waals surface area (Å²) < 4.78 is 1.24. The van der Waals surface area contributed by atoms with Crippen molar-refractivity contribution >= 4 is 21.6 Å². The fourth-order valence-electron chi connectivity index (χ4n) is 3.12. The molecule has 0 amide bonds. The lowest BCUT2D eigenvalue weighted by Crippen LogP contribution is -2.53. The molecule has 0 bridgehead atoms. The van der Waals surface area contributed by atoms with Gasteiger partial charge in [0, 0.05) is 16.2 Å². The van der Waals surface area contributed by atoms with Crippen molar-refractivity contribution in [3.8, 4) is 0 Å². The lowest BCUT2D eigenvalue weighted by Gasteiger charge is -2.46. The van der Waals surface area contributed by atoms with E-state index in [1.807, 2.05) is 0 Å². The van der Waals surface area contributed by atoms with E-state index in [2.05, 4.69) is 39.0 Å². The van der Waals surface area contributed by atoms with Crippen LogP contribution in [0.2, 0.25) is 0 Å². The minimum absolute atomic E-state index is 0.215. The number of anilines is 1. The van der Waals surface area contributed by atoms with Gasteiger partial charge in [-0.05, 0) is 49.8 Å². The first-order chi connectivity index (χ1) is 7.77. The van der Waals surface area contributed by atoms with Gasteiger partial charge in [0.05, 0.1) is 6.17 Å². The van der Waals surface area contributed by atoms with Gasteiger partial charge in [-0.15, -0.1) is 0 Å². The van der Waals surface area contributed by atoms with E-state index in [1.54, 1.807) is 0 Å². The molecule has 0 aliphatic carbocycles. The second kappa shape index (κ2) is 4.04. The van der Waals surface area contributed by atoms with Crippen LogP contribution < -0.4 is 10.6 Å². The van der Waals surface area contributed by atoms with Crippen LogP contribution in [0.3, 0.4) is 0 Å². The molecule has 2 nitrogen and oxygen atoms in total. The number of piperidine rings is 1. The molecule has 2 aliphatic heterocycles. The van der Waals surface area contributed by atoms with Gasteiger partial charge in [-0.3, -0.25) is 0 Å². The molecule has 2 unspecified atom stereocenters. The topological polar surface area (TPSA) is 29.3 Å². The SMILES string of the molecule is NC1CCCC2CCc3c(Br)cccc3N12. The van der Waals surface area contributed by atoms with Gasteiger partial charge in [0.15, 0.2) is 0 Å². The highest BCUT2D eigenvalue weighted by Gasteiger charge is 2.33. The number of halogens is 1. The van der Waals surface area contributed by atoms with Crippen LogP contribution in [0.1, 0.15) is 31.2 Å². The maximum absolute atomic E-state index is 6.26. The Hall–Kier alpha value is -0.540. The summed E-state index contributed by atoms with van der Waals surface area (Å²) in [6, 6.07) is 7.14. The number of benzene rings is 1. The van der Waals surface area contributed by atoms with Crippen molar-refractivity contribution in [3.63, 3.8) is 0 Å². The molecule has 2 heterocycles. The van der Waals surface area contributed by atoms with Crippen molar-refractivity contribution in [1.82, 2.24) is 0 Å². The summed E-state index contributed by atoms with van der Waals surface area (Å²) in [7, 11) is 0. The third-order valence-electron chi connectivity index (χ3n) is 3.89. The summed E-state index contributed by atoms with van der Waals surface area (Å²) in [6.07, 6.45) is 6.37. The van der Waals surface area contributed by atoms with E-state index in [9.17, 15) is 0 Å². The molecular weight excluding hydrogens is 264 g/mol. The lowest BCUT2D eigenvalue weighted by atomic mass is 9.88. The predicted molar refractivity (Wildman–Crippen MR) is 70.6 cm³/mol. The monoisotopic (exact) mass is 280 g/mol. The molecular formula is C13H17BrN2. The molecule has 1 aromatic rings. The van der Waals surface area contributed by atoms with E-state index in [0.717, 1.165) is 6.42 Å². The Morgan fingerprint density at radius 2 is 2.12 bits per heavy atom. The molecule has 2 N–H and O–H groups in total. The quantitative estimate of drug-likeness (QED) is 0.792. The van der Waals surface area contributed by atoms with Crippen LogP contribution in [-0.4, -0.2) is 12.2 Å². The third-order valence-corrected chi connectivity index (χ3v) is 4.63. The number of nitrogens with zero attached hydrogens (tertiary/aromatic N) is 1. The molecule has 2 atom stereocenters. The van der Waals surface area contributed by atoms with Crippen molar-refractivity contribution in [2.75, 3.05) is 4.90 Å². The molecule has 3 heteroatoms. The van der Waals surface area contributed by atoms with Crippen LogP contribution in [0.15, 0.2) is 22.7 Å². The van der Waals surface area contributed by atoms with Crippen LogP contribution in [0, 0.1) is 0 Å². The summed E-state index contributed by atoms with van der Waals surface area (Å²) >= 11 is 3.65. The first-order valence-electron chi connectivity index (χ1n) is 6.08. The lowest BCUT2D eigenvalue weighted by molar-refractivity contribution is 0.360. The smallest absolute Gasteiger partial charge is 0.0774 e. The van der Waals surface area contributed by atoms with E-state index in [-0.39, 0.29) is 6.17 Å². The van der Waals surface area contributed by atoms with Gasteiger partial charge in [0.1, 0.15) is 0 Å². The number of fused-ring (bicyclic) bond motifs is 3. The van der Waals surface area contributed by atoms with Gasteiger partial charge in [0.25, 0.3) is 0 Å². The second-order valence-electron chi connectivity index (χ2n) is 4.84. The molecule has 0 aromatic heterocycles. The molecule has 3 rings (SSSR count). The second-order valence-corrected chi connectivity index (χ2v) is 5.69. The summed E-state index contributed by atoms with van der Waals surface area (Å²) in [4.78, 5) is 2.45. The summed E-state index contributed by atoms with van der Waals surface area (Å²) in [6.45, 7) is 0. The summed E-state index contributed by atoms with van der Waals surface area (Å²) in [5.41, 5.74) is 9.06. The van der Waals surface area contributed by atoms with Crippen molar-refractivity contribution < 1.29 is 0 Å². The Morgan fingerprint density at radius 3 is 3.00 bits per heavy atom. The third kappa shape index (κ3) is 1.57. The molecule has 0 radical (unpaired) electrons. The zero-order valence-corrected chi connectivity index (χ0v) is 10.9. The first kappa shape index (κ1) is 10.6. The Kier molecular flexibility index (Phi) is 2.68. The van der Waals surface area contributed by atoms with Gasteiger partial charge in [0.2, 0.25) is 0 Å². The summed E-state index contributed by atoms with van der Waals surface area (Å²) in [5, 5.41) is 0. The van der Waals surface area contributed by atoms with Crippen LogP contribution in [-0.2, 0) is 6.42 Å². The van der Waals surface area contributed by atoms with Crippen molar-refractivity contribution in [3.05, 3.63) is 28.2 Å². The van der Waals surface area contributed by atoms with Gasteiger partial charge in [-0.25, -0.2) is 0 Å². The minimum atomic E-state index is 0.215. The fraction of sp³-hybridized carbons (Fsp3) is 0.538. The average molecular weight is 281 g/mol. The highest BCUT2D eigenvalue weighted by atomic mass is 79.9. The molecule has 16 heavy (non-hydrogen) atoms. The van der Waals surface area contributed by atoms with Crippen molar-refractivity contribution in [2.45, 2.75) is 44.3 Å². The van der Waals surface area contributed by atoms with Crippen LogP contribution >= 0.6 is 15.9 Å². The molecule has 1 fully saturated rings. The molecule has 86 valence electrons. The Bertz CT molecular complexity index is 405. The zero-order chi connectivity index (χ0) is 11.1. The normalized spacial score (nSPS) is 28.5. The molecule has 1 saturated heterocycles. The van der Waals surface area contributed by atoms with E-state index < -0.39 is 0 Å². The highest BCUT2D eigenvalue weighted by molar-refractivity contribution is 9.10. The minimum Gasteiger partial charge on any atom is -0.353 e. The average Bonchev–Trinajstić information content (AvgIpc) is 2.29. The van der Waals surface area contributed by atoms with E-state index >= 15 is 0 Å². The maximum Gasteiger partial charge on any atom is 0.0774 e. The van der Waals surface area contributed by atoms with Crippen molar-refractivity contribution in [1.29, 1.82) is 0 Å².